The molecule has 0 aliphatic rings. The van der Waals surface area contributed by atoms with Gasteiger partial charge in [-0.2, -0.15) is 0 Å². The van der Waals surface area contributed by atoms with Crippen molar-refractivity contribution in [2.45, 2.75) is 23.6 Å². The molecule has 0 amide bonds. The zero-order valence-corrected chi connectivity index (χ0v) is 16.3. The van der Waals surface area contributed by atoms with Crippen molar-refractivity contribution in [1.29, 1.82) is 0 Å². The molecular weight excluding hydrogens is 378 g/mol. The lowest BCUT2D eigenvalue weighted by Gasteiger charge is -2.04. The molecule has 6 nitrogen and oxygen atoms in total. The van der Waals surface area contributed by atoms with Gasteiger partial charge in [0.25, 0.3) is 5.56 Å². The summed E-state index contributed by atoms with van der Waals surface area (Å²) in [6.45, 7) is 2.66. The van der Waals surface area contributed by atoms with Crippen LogP contribution < -0.4 is 10.9 Å². The van der Waals surface area contributed by atoms with E-state index in [9.17, 15) is 4.79 Å². The first-order valence-electron chi connectivity index (χ1n) is 8.40. The van der Waals surface area contributed by atoms with Crippen LogP contribution in [0.2, 0.25) is 0 Å². The Hall–Kier alpha value is -2.71. The number of aryl methyl sites for hydroxylation is 1. The van der Waals surface area contributed by atoms with Crippen LogP contribution in [0.5, 0.6) is 0 Å². The number of fused-ring (bicyclic) bond motifs is 1. The average molecular weight is 396 g/mol. The lowest BCUT2D eigenvalue weighted by molar-refractivity contribution is 0.988. The number of benzene rings is 1. The fraction of sp³-hybridized carbons (Fsp3) is 0.158. The van der Waals surface area contributed by atoms with Crippen LogP contribution in [0, 0.1) is 6.92 Å². The van der Waals surface area contributed by atoms with E-state index in [1.807, 2.05) is 37.3 Å². The van der Waals surface area contributed by atoms with Gasteiger partial charge in [-0.05, 0) is 24.1 Å². The minimum atomic E-state index is -0.0678. The lowest BCUT2D eigenvalue weighted by atomic mass is 10.2. The van der Waals surface area contributed by atoms with Crippen LogP contribution in [-0.4, -0.2) is 19.6 Å². The Morgan fingerprint density at radius 3 is 2.85 bits per heavy atom. The van der Waals surface area contributed by atoms with Crippen LogP contribution >= 0.6 is 23.1 Å². The summed E-state index contributed by atoms with van der Waals surface area (Å²) in [5, 5.41) is 12.4. The van der Waals surface area contributed by atoms with Gasteiger partial charge in [-0.25, -0.2) is 4.98 Å². The maximum Gasteiger partial charge on any atom is 0.258 e. The maximum atomic E-state index is 12.3. The monoisotopic (exact) mass is 395 g/mol. The van der Waals surface area contributed by atoms with E-state index in [-0.39, 0.29) is 5.56 Å². The second-order valence-corrected chi connectivity index (χ2v) is 8.22. The van der Waals surface area contributed by atoms with E-state index in [0.717, 1.165) is 20.7 Å². The molecule has 4 rings (SSSR count). The molecule has 0 unspecified atom stereocenters. The molecule has 8 heteroatoms. The van der Waals surface area contributed by atoms with E-state index in [4.69, 9.17) is 0 Å². The molecule has 0 radical (unpaired) electrons. The smallest absolute Gasteiger partial charge is 0.258 e. The van der Waals surface area contributed by atoms with E-state index in [1.165, 1.54) is 28.7 Å². The van der Waals surface area contributed by atoms with Crippen molar-refractivity contribution in [2.24, 2.45) is 0 Å². The Morgan fingerprint density at radius 2 is 2.00 bits per heavy atom. The number of hydrogen-bond donors (Lipinski definition) is 1. The molecule has 0 aliphatic heterocycles. The van der Waals surface area contributed by atoms with Gasteiger partial charge in [0.2, 0.25) is 5.13 Å². The van der Waals surface area contributed by atoms with Gasteiger partial charge in [0.15, 0.2) is 4.34 Å². The predicted octanol–water partition coefficient (Wildman–Crippen LogP) is 3.76. The molecule has 0 atom stereocenters. The molecule has 1 N–H and O–H groups in total. The van der Waals surface area contributed by atoms with E-state index in [2.05, 4.69) is 32.6 Å². The topological polar surface area (TPSA) is 72.2 Å². The number of anilines is 1. The Bertz CT molecular complexity index is 1120. The molecule has 4 aromatic rings. The summed E-state index contributed by atoms with van der Waals surface area (Å²) in [4.78, 5) is 16.8. The number of nitrogens with one attached hydrogen (secondary N) is 1. The maximum absolute atomic E-state index is 12.3. The van der Waals surface area contributed by atoms with Crippen molar-refractivity contribution in [1.82, 2.24) is 19.6 Å². The quantitative estimate of drug-likeness (QED) is 0.501. The van der Waals surface area contributed by atoms with Crippen molar-refractivity contribution >= 4 is 33.9 Å². The second kappa shape index (κ2) is 7.89. The number of aromatic nitrogens is 4. The molecule has 0 saturated heterocycles. The molecule has 1 aromatic carbocycles. The molecule has 0 spiro atoms. The summed E-state index contributed by atoms with van der Waals surface area (Å²) in [6, 6.07) is 15.5. The Labute approximate surface area is 164 Å². The zero-order chi connectivity index (χ0) is 18.6. The molecule has 0 saturated carbocycles. The van der Waals surface area contributed by atoms with E-state index >= 15 is 0 Å². The van der Waals surface area contributed by atoms with Crippen molar-refractivity contribution in [3.05, 3.63) is 81.9 Å². The van der Waals surface area contributed by atoms with Crippen LogP contribution in [0.1, 0.15) is 16.8 Å². The average Bonchev–Trinajstić information content (AvgIpc) is 3.14. The minimum absolute atomic E-state index is 0.0678. The molecule has 136 valence electrons. The number of pyridine rings is 1. The van der Waals surface area contributed by atoms with Crippen LogP contribution in [0.3, 0.4) is 0 Å². The Balaban J connectivity index is 1.40. The summed E-state index contributed by atoms with van der Waals surface area (Å²) in [7, 11) is 0. The molecular formula is C19H17N5OS2. The molecule has 3 aromatic heterocycles. The van der Waals surface area contributed by atoms with Gasteiger partial charge in [0.1, 0.15) is 5.65 Å². The first kappa shape index (κ1) is 17.7. The summed E-state index contributed by atoms with van der Waals surface area (Å²) < 4.78 is 2.41. The fourth-order valence-electron chi connectivity index (χ4n) is 2.58. The third-order valence-corrected chi connectivity index (χ3v) is 5.94. The van der Waals surface area contributed by atoms with Gasteiger partial charge in [0, 0.05) is 24.6 Å². The van der Waals surface area contributed by atoms with Gasteiger partial charge in [-0.1, -0.05) is 59.5 Å². The summed E-state index contributed by atoms with van der Waals surface area (Å²) >= 11 is 3.03. The van der Waals surface area contributed by atoms with Gasteiger partial charge in [-0.15, -0.1) is 10.2 Å². The number of rotatable bonds is 6. The largest absolute Gasteiger partial charge is 0.356 e. The molecule has 27 heavy (non-hydrogen) atoms. The van der Waals surface area contributed by atoms with Crippen molar-refractivity contribution in [2.75, 3.05) is 5.32 Å². The van der Waals surface area contributed by atoms with Gasteiger partial charge < -0.3 is 5.32 Å². The Kier molecular flexibility index (Phi) is 5.17. The third-order valence-electron chi connectivity index (χ3n) is 3.90. The lowest BCUT2D eigenvalue weighted by Crippen LogP contribution is -2.15. The highest BCUT2D eigenvalue weighted by Crippen LogP contribution is 2.28. The number of thioether (sulfide) groups is 1. The fourth-order valence-corrected chi connectivity index (χ4v) is 4.22. The first-order chi connectivity index (χ1) is 13.2. The number of hydrogen-bond acceptors (Lipinski definition) is 7. The van der Waals surface area contributed by atoms with Gasteiger partial charge in [0.05, 0.1) is 5.69 Å². The molecule has 0 fully saturated rings. The first-order valence-corrected chi connectivity index (χ1v) is 10.2. The highest BCUT2D eigenvalue weighted by Gasteiger charge is 2.08. The Morgan fingerprint density at radius 1 is 1.15 bits per heavy atom. The number of nitrogens with zero attached hydrogens (tertiary/aromatic N) is 4. The van der Waals surface area contributed by atoms with Crippen molar-refractivity contribution < 1.29 is 0 Å². The van der Waals surface area contributed by atoms with Gasteiger partial charge in [-0.3, -0.25) is 9.20 Å². The van der Waals surface area contributed by atoms with Crippen molar-refractivity contribution in [3.63, 3.8) is 0 Å². The summed E-state index contributed by atoms with van der Waals surface area (Å²) in [5.41, 5.74) is 3.55. The standard InChI is InChI=1S/C19H17N5OS2/c1-13-7-8-16-21-15(9-17(25)24(16)11-13)12-26-19-23-22-18(27-19)20-10-14-5-3-2-4-6-14/h2-9,11H,10,12H2,1H3,(H,20,22). The highest BCUT2D eigenvalue weighted by atomic mass is 32.2. The van der Waals surface area contributed by atoms with Crippen LogP contribution in [0.25, 0.3) is 5.65 Å². The minimum Gasteiger partial charge on any atom is -0.356 e. The van der Waals surface area contributed by atoms with E-state index in [1.54, 1.807) is 16.7 Å². The third kappa shape index (κ3) is 4.35. The zero-order valence-electron chi connectivity index (χ0n) is 14.6. The predicted molar refractivity (Wildman–Crippen MR) is 109 cm³/mol. The molecule has 0 aliphatic carbocycles. The van der Waals surface area contributed by atoms with Gasteiger partial charge >= 0.3 is 0 Å². The van der Waals surface area contributed by atoms with Crippen LogP contribution in [0.4, 0.5) is 5.13 Å². The SMILES string of the molecule is Cc1ccc2nc(CSc3nnc(NCc4ccccc4)s3)cc(=O)n2c1. The molecule has 0 bridgehead atoms. The van der Waals surface area contributed by atoms with E-state index in [0.29, 0.717) is 17.9 Å². The van der Waals surface area contributed by atoms with Crippen LogP contribution in [0.15, 0.2) is 63.9 Å². The summed E-state index contributed by atoms with van der Waals surface area (Å²) in [5.74, 6) is 0.576. The normalized spacial score (nSPS) is 11.0. The molecule has 3 heterocycles. The summed E-state index contributed by atoms with van der Waals surface area (Å²) in [6.07, 6.45) is 1.80. The second-order valence-electron chi connectivity index (χ2n) is 6.02. The van der Waals surface area contributed by atoms with Crippen LogP contribution in [-0.2, 0) is 12.3 Å². The van der Waals surface area contributed by atoms with Crippen molar-refractivity contribution in [3.8, 4) is 0 Å². The highest BCUT2D eigenvalue weighted by molar-refractivity contribution is 8.00. The van der Waals surface area contributed by atoms with E-state index < -0.39 is 0 Å².